The second-order valence-corrected chi connectivity index (χ2v) is 5.44. The fraction of sp³-hybridized carbons (Fsp3) is 0.588. The van der Waals surface area contributed by atoms with Crippen LogP contribution in [0.2, 0.25) is 0 Å². The van der Waals surface area contributed by atoms with Gasteiger partial charge in [-0.1, -0.05) is 44.2 Å². The summed E-state index contributed by atoms with van der Waals surface area (Å²) in [5.41, 5.74) is 0.824. The van der Waals surface area contributed by atoms with Gasteiger partial charge >= 0.3 is 0 Å². The Morgan fingerprint density at radius 3 is 2.25 bits per heavy atom. The second kappa shape index (κ2) is 8.88. The normalized spacial score (nSPS) is 12.9. The topological polar surface area (TPSA) is 23.6 Å². The number of Topliss-reactive ketones (excluding diaryl/α,β-unsaturated/α-hetero) is 1. The molecule has 0 fully saturated rings. The van der Waals surface area contributed by atoms with E-state index in [0.29, 0.717) is 0 Å². The van der Waals surface area contributed by atoms with Crippen LogP contribution in [0.4, 0.5) is 0 Å². The van der Waals surface area contributed by atoms with Gasteiger partial charge in [-0.05, 0) is 40.0 Å². The van der Waals surface area contributed by atoms with Gasteiger partial charge in [-0.15, -0.1) is 0 Å². The molecule has 0 N–H and O–H groups in total. The van der Waals surface area contributed by atoms with Crippen LogP contribution in [-0.2, 0) is 0 Å². The minimum atomic E-state index is 0.00422. The lowest BCUT2D eigenvalue weighted by Crippen LogP contribution is -2.42. The molecule has 0 aliphatic rings. The van der Waals surface area contributed by atoms with Crippen molar-refractivity contribution in [3.8, 4) is 0 Å². The largest absolute Gasteiger partial charge is 0.309 e. The highest BCUT2D eigenvalue weighted by atomic mass is 16.1. The maximum Gasteiger partial charge on any atom is 0.179 e. The first-order chi connectivity index (χ1) is 9.60. The number of nitrogens with zero attached hydrogens (tertiary/aromatic N) is 2. The van der Waals surface area contributed by atoms with Gasteiger partial charge in [-0.25, -0.2) is 0 Å². The fourth-order valence-corrected chi connectivity index (χ4v) is 2.53. The van der Waals surface area contributed by atoms with Crippen LogP contribution in [0.15, 0.2) is 30.3 Å². The molecule has 0 saturated carbocycles. The van der Waals surface area contributed by atoms with E-state index in [2.05, 4.69) is 37.7 Å². The first-order valence-corrected chi connectivity index (χ1v) is 7.58. The summed E-state index contributed by atoms with van der Waals surface area (Å²) >= 11 is 0. The highest BCUT2D eigenvalue weighted by Gasteiger charge is 2.23. The van der Waals surface area contributed by atoms with Crippen molar-refractivity contribution < 1.29 is 4.79 Å². The number of carbonyl (C=O) groups excluding carboxylic acids is 1. The van der Waals surface area contributed by atoms with E-state index in [-0.39, 0.29) is 11.8 Å². The van der Waals surface area contributed by atoms with Crippen molar-refractivity contribution in [3.63, 3.8) is 0 Å². The average Bonchev–Trinajstić information content (AvgIpc) is 2.46. The molecule has 1 atom stereocenters. The smallest absolute Gasteiger partial charge is 0.179 e. The molecule has 0 bridgehead atoms. The van der Waals surface area contributed by atoms with Gasteiger partial charge in [-0.3, -0.25) is 9.69 Å². The zero-order valence-electron chi connectivity index (χ0n) is 13.3. The fourth-order valence-electron chi connectivity index (χ4n) is 2.53. The van der Waals surface area contributed by atoms with E-state index in [1.54, 1.807) is 0 Å². The van der Waals surface area contributed by atoms with Crippen molar-refractivity contribution >= 4 is 5.78 Å². The maximum atomic E-state index is 12.6. The molecule has 0 amide bonds. The van der Waals surface area contributed by atoms with E-state index in [4.69, 9.17) is 0 Å². The zero-order valence-corrected chi connectivity index (χ0v) is 13.3. The summed E-state index contributed by atoms with van der Waals surface area (Å²) in [5.74, 6) is 0.250. The molecule has 0 aromatic heterocycles. The van der Waals surface area contributed by atoms with Crippen molar-refractivity contribution in [1.29, 1.82) is 0 Å². The standard InChI is InChI=1S/C17H28N2O/c1-5-16(17(20)15-11-8-7-9-12-15)19(6-2)14-10-13-18(3)4/h7-9,11-12,16H,5-6,10,13-14H2,1-4H3. The van der Waals surface area contributed by atoms with Gasteiger partial charge < -0.3 is 4.90 Å². The number of carbonyl (C=O) groups is 1. The third kappa shape index (κ3) is 5.06. The molecular weight excluding hydrogens is 248 g/mol. The van der Waals surface area contributed by atoms with Crippen molar-refractivity contribution in [3.05, 3.63) is 35.9 Å². The van der Waals surface area contributed by atoms with Crippen LogP contribution in [0.1, 0.15) is 37.0 Å². The number of hydrogen-bond donors (Lipinski definition) is 0. The molecule has 0 radical (unpaired) electrons. The van der Waals surface area contributed by atoms with E-state index in [1.807, 2.05) is 30.3 Å². The number of hydrogen-bond acceptors (Lipinski definition) is 3. The Bertz CT molecular complexity index is 389. The van der Waals surface area contributed by atoms with Crippen LogP contribution in [0, 0.1) is 0 Å². The van der Waals surface area contributed by atoms with Gasteiger partial charge in [0.1, 0.15) is 0 Å². The van der Waals surface area contributed by atoms with Crippen molar-refractivity contribution in [2.45, 2.75) is 32.7 Å². The molecule has 1 aromatic rings. The quantitative estimate of drug-likeness (QED) is 0.648. The first-order valence-electron chi connectivity index (χ1n) is 7.58. The molecule has 0 spiro atoms. The minimum Gasteiger partial charge on any atom is -0.309 e. The molecule has 0 aliphatic carbocycles. The summed E-state index contributed by atoms with van der Waals surface area (Å²) in [6.07, 6.45) is 1.96. The maximum absolute atomic E-state index is 12.6. The summed E-state index contributed by atoms with van der Waals surface area (Å²) in [5, 5.41) is 0. The van der Waals surface area contributed by atoms with Crippen LogP contribution in [0.3, 0.4) is 0 Å². The number of ketones is 1. The third-order valence-electron chi connectivity index (χ3n) is 3.65. The molecule has 112 valence electrons. The Morgan fingerprint density at radius 1 is 1.10 bits per heavy atom. The molecular formula is C17H28N2O. The molecule has 3 heteroatoms. The van der Waals surface area contributed by atoms with Gasteiger partial charge in [-0.2, -0.15) is 0 Å². The van der Waals surface area contributed by atoms with Gasteiger partial charge in [0, 0.05) is 12.1 Å². The molecule has 3 nitrogen and oxygen atoms in total. The summed E-state index contributed by atoms with van der Waals surface area (Å²) < 4.78 is 0. The number of rotatable bonds is 9. The average molecular weight is 276 g/mol. The van der Waals surface area contributed by atoms with Gasteiger partial charge in [0.15, 0.2) is 5.78 Å². The van der Waals surface area contributed by atoms with E-state index >= 15 is 0 Å². The van der Waals surface area contributed by atoms with E-state index < -0.39 is 0 Å². The molecule has 0 heterocycles. The second-order valence-electron chi connectivity index (χ2n) is 5.44. The Kier molecular flexibility index (Phi) is 7.48. The molecule has 0 aliphatic heterocycles. The lowest BCUT2D eigenvalue weighted by atomic mass is 10.0. The zero-order chi connectivity index (χ0) is 15.0. The Balaban J connectivity index is 2.68. The minimum absolute atomic E-state index is 0.00422. The monoisotopic (exact) mass is 276 g/mol. The molecule has 20 heavy (non-hydrogen) atoms. The van der Waals surface area contributed by atoms with Gasteiger partial charge in [0.25, 0.3) is 0 Å². The van der Waals surface area contributed by atoms with E-state index in [1.165, 1.54) is 0 Å². The molecule has 1 unspecified atom stereocenters. The van der Waals surface area contributed by atoms with Crippen LogP contribution >= 0.6 is 0 Å². The van der Waals surface area contributed by atoms with Crippen LogP contribution in [-0.4, -0.2) is 55.4 Å². The van der Waals surface area contributed by atoms with E-state index in [9.17, 15) is 4.79 Å². The lowest BCUT2D eigenvalue weighted by molar-refractivity contribution is 0.0813. The summed E-state index contributed by atoms with van der Waals surface area (Å²) in [4.78, 5) is 17.1. The van der Waals surface area contributed by atoms with Gasteiger partial charge in [0.05, 0.1) is 6.04 Å². The Morgan fingerprint density at radius 2 is 1.75 bits per heavy atom. The predicted octanol–water partition coefficient (Wildman–Crippen LogP) is 2.92. The lowest BCUT2D eigenvalue weighted by Gasteiger charge is -2.29. The highest BCUT2D eigenvalue weighted by Crippen LogP contribution is 2.13. The third-order valence-corrected chi connectivity index (χ3v) is 3.65. The number of benzene rings is 1. The highest BCUT2D eigenvalue weighted by molar-refractivity contribution is 6.00. The SMILES string of the molecule is CCC(C(=O)c1ccccc1)N(CC)CCCN(C)C. The Hall–Kier alpha value is -1.19. The summed E-state index contributed by atoms with van der Waals surface area (Å²) in [7, 11) is 4.17. The Labute approximate surface area is 123 Å². The summed E-state index contributed by atoms with van der Waals surface area (Å²) in [6.45, 7) is 7.19. The van der Waals surface area contributed by atoms with Crippen molar-refractivity contribution in [2.24, 2.45) is 0 Å². The first kappa shape index (κ1) is 16.9. The summed E-state index contributed by atoms with van der Waals surface area (Å²) in [6, 6.07) is 9.65. The van der Waals surface area contributed by atoms with Crippen LogP contribution < -0.4 is 0 Å². The molecule has 0 saturated heterocycles. The molecule has 1 aromatic carbocycles. The number of likely N-dealkylation sites (N-methyl/N-ethyl adjacent to an activating group) is 1. The van der Waals surface area contributed by atoms with Crippen molar-refractivity contribution in [1.82, 2.24) is 9.80 Å². The van der Waals surface area contributed by atoms with Crippen molar-refractivity contribution in [2.75, 3.05) is 33.7 Å². The molecule has 1 rings (SSSR count). The van der Waals surface area contributed by atoms with E-state index in [0.717, 1.165) is 38.0 Å². The van der Waals surface area contributed by atoms with Gasteiger partial charge in [0.2, 0.25) is 0 Å². The van der Waals surface area contributed by atoms with Crippen LogP contribution in [0.25, 0.3) is 0 Å². The predicted molar refractivity (Wildman–Crippen MR) is 85.3 cm³/mol. The van der Waals surface area contributed by atoms with Crippen LogP contribution in [0.5, 0.6) is 0 Å².